The van der Waals surface area contributed by atoms with Gasteiger partial charge in [0.15, 0.2) is 0 Å². The maximum absolute atomic E-state index is 5.36. The van der Waals surface area contributed by atoms with Crippen LogP contribution in [0.15, 0.2) is 30.3 Å². The van der Waals surface area contributed by atoms with Crippen molar-refractivity contribution in [2.45, 2.75) is 19.3 Å². The van der Waals surface area contributed by atoms with E-state index in [1.54, 1.807) is 0 Å². The third-order valence-electron chi connectivity index (χ3n) is 1.15. The molecule has 1 fully saturated rings. The molecule has 0 bridgehead atoms. The van der Waals surface area contributed by atoms with Gasteiger partial charge in [-0.05, 0) is 12.1 Å². The summed E-state index contributed by atoms with van der Waals surface area (Å²) in [6, 6.07) is 9.49. The fourth-order valence-corrected chi connectivity index (χ4v) is 0.453. The summed E-state index contributed by atoms with van der Waals surface area (Å²) in [5.41, 5.74) is 6.18. The molecule has 0 aliphatic heterocycles. The summed E-state index contributed by atoms with van der Waals surface area (Å²) in [4.78, 5) is 0. The first-order valence-electron chi connectivity index (χ1n) is 3.70. The standard InChI is InChI=1S/C6H7N.C3H6.H3N/c7-6-4-2-1-3-5-6;1-2-3-1;/h1-5H,7H2;1-3H2;1H3. The van der Waals surface area contributed by atoms with Gasteiger partial charge in [0.2, 0.25) is 0 Å². The van der Waals surface area contributed by atoms with Gasteiger partial charge in [-0.3, -0.25) is 0 Å². The first kappa shape index (κ1) is 9.98. The second kappa shape index (κ2) is 5.74. The van der Waals surface area contributed by atoms with Gasteiger partial charge in [-0.1, -0.05) is 37.5 Å². The molecular weight excluding hydrogens is 136 g/mol. The summed E-state index contributed by atoms with van der Waals surface area (Å²) in [6.07, 6.45) is 4.50. The van der Waals surface area contributed by atoms with E-state index in [1.165, 1.54) is 19.3 Å². The Labute approximate surface area is 68.0 Å². The first-order chi connectivity index (χ1) is 4.89. The summed E-state index contributed by atoms with van der Waals surface area (Å²) in [5.74, 6) is 0. The van der Waals surface area contributed by atoms with Crippen LogP contribution < -0.4 is 11.9 Å². The topological polar surface area (TPSA) is 61.0 Å². The van der Waals surface area contributed by atoms with Crippen molar-refractivity contribution in [3.63, 3.8) is 0 Å². The van der Waals surface area contributed by atoms with Crippen LogP contribution in [-0.4, -0.2) is 0 Å². The maximum Gasteiger partial charge on any atom is 0.0313 e. The molecule has 1 saturated carbocycles. The molecule has 0 amide bonds. The lowest BCUT2D eigenvalue weighted by atomic mass is 10.3. The van der Waals surface area contributed by atoms with Crippen LogP contribution in [0, 0.1) is 0 Å². The van der Waals surface area contributed by atoms with Gasteiger partial charge in [0.05, 0.1) is 0 Å². The van der Waals surface area contributed by atoms with Crippen LogP contribution in [0.25, 0.3) is 0 Å². The number of nitrogen functional groups attached to an aromatic ring is 1. The second-order valence-corrected chi connectivity index (χ2v) is 2.47. The van der Waals surface area contributed by atoms with E-state index in [2.05, 4.69) is 0 Å². The van der Waals surface area contributed by atoms with Crippen LogP contribution in [-0.2, 0) is 0 Å². The van der Waals surface area contributed by atoms with E-state index in [1.807, 2.05) is 30.3 Å². The van der Waals surface area contributed by atoms with Crippen molar-refractivity contribution in [3.05, 3.63) is 30.3 Å². The van der Waals surface area contributed by atoms with Gasteiger partial charge < -0.3 is 11.9 Å². The predicted octanol–water partition coefficient (Wildman–Crippen LogP) is 2.60. The van der Waals surface area contributed by atoms with Gasteiger partial charge in [0, 0.05) is 5.69 Å². The highest BCUT2D eigenvalue weighted by Gasteiger charge is 1.95. The lowest BCUT2D eigenvalue weighted by Crippen LogP contribution is -1.79. The monoisotopic (exact) mass is 152 g/mol. The normalized spacial score (nSPS) is 12.0. The van der Waals surface area contributed by atoms with Crippen molar-refractivity contribution in [1.29, 1.82) is 0 Å². The van der Waals surface area contributed by atoms with E-state index in [4.69, 9.17) is 5.73 Å². The highest BCUT2D eigenvalue weighted by Crippen LogP contribution is 2.14. The largest absolute Gasteiger partial charge is 0.399 e. The van der Waals surface area contributed by atoms with Gasteiger partial charge in [-0.2, -0.15) is 0 Å². The van der Waals surface area contributed by atoms with Crippen molar-refractivity contribution < 1.29 is 0 Å². The van der Waals surface area contributed by atoms with Gasteiger partial charge in [0.1, 0.15) is 0 Å². The molecule has 2 nitrogen and oxygen atoms in total. The highest BCUT2D eigenvalue weighted by atomic mass is 14.5. The summed E-state index contributed by atoms with van der Waals surface area (Å²) < 4.78 is 0. The minimum absolute atomic E-state index is 0. The molecule has 62 valence electrons. The van der Waals surface area contributed by atoms with E-state index >= 15 is 0 Å². The smallest absolute Gasteiger partial charge is 0.0313 e. The molecule has 1 aromatic carbocycles. The average molecular weight is 152 g/mol. The van der Waals surface area contributed by atoms with Crippen LogP contribution >= 0.6 is 0 Å². The Morgan fingerprint density at radius 3 is 1.55 bits per heavy atom. The number of rotatable bonds is 0. The Bertz CT molecular complexity index is 167. The van der Waals surface area contributed by atoms with Crippen molar-refractivity contribution in [3.8, 4) is 0 Å². The number of para-hydroxylation sites is 1. The van der Waals surface area contributed by atoms with E-state index in [0.29, 0.717) is 0 Å². The SMILES string of the molecule is C1CC1.N.Nc1ccccc1. The zero-order valence-electron chi connectivity index (χ0n) is 6.79. The molecule has 0 aromatic heterocycles. The number of hydrogen-bond donors (Lipinski definition) is 2. The van der Waals surface area contributed by atoms with E-state index in [9.17, 15) is 0 Å². The van der Waals surface area contributed by atoms with Gasteiger partial charge in [0.25, 0.3) is 0 Å². The van der Waals surface area contributed by atoms with Gasteiger partial charge >= 0.3 is 0 Å². The molecule has 1 aliphatic rings. The molecule has 1 aliphatic carbocycles. The molecule has 0 heterocycles. The lowest BCUT2D eigenvalue weighted by molar-refractivity contribution is 1.50. The van der Waals surface area contributed by atoms with Crippen molar-refractivity contribution >= 4 is 5.69 Å². The minimum Gasteiger partial charge on any atom is -0.399 e. The third kappa shape index (κ3) is 6.87. The quantitative estimate of drug-likeness (QED) is 0.561. The van der Waals surface area contributed by atoms with Crippen LogP contribution in [0.2, 0.25) is 0 Å². The Hall–Kier alpha value is -1.02. The first-order valence-corrected chi connectivity index (χ1v) is 3.70. The molecule has 5 N–H and O–H groups in total. The Morgan fingerprint density at radius 1 is 0.909 bits per heavy atom. The van der Waals surface area contributed by atoms with Gasteiger partial charge in [-0.25, -0.2) is 0 Å². The van der Waals surface area contributed by atoms with Crippen molar-refractivity contribution in [2.24, 2.45) is 0 Å². The number of benzene rings is 1. The summed E-state index contributed by atoms with van der Waals surface area (Å²) in [7, 11) is 0. The Kier molecular flexibility index (Phi) is 5.21. The molecule has 2 rings (SSSR count). The molecule has 11 heavy (non-hydrogen) atoms. The Balaban J connectivity index is 0.000000212. The summed E-state index contributed by atoms with van der Waals surface area (Å²) >= 11 is 0. The lowest BCUT2D eigenvalue weighted by Gasteiger charge is -1.83. The second-order valence-electron chi connectivity index (χ2n) is 2.47. The fourth-order valence-electron chi connectivity index (χ4n) is 0.453. The summed E-state index contributed by atoms with van der Waals surface area (Å²) in [5, 5.41) is 0. The highest BCUT2D eigenvalue weighted by molar-refractivity contribution is 5.35. The van der Waals surface area contributed by atoms with Crippen molar-refractivity contribution in [2.75, 3.05) is 5.73 Å². The number of hydrogen-bond acceptors (Lipinski definition) is 2. The molecule has 2 heteroatoms. The van der Waals surface area contributed by atoms with Crippen LogP contribution in [0.5, 0.6) is 0 Å². The Morgan fingerprint density at radius 2 is 1.36 bits per heavy atom. The zero-order chi connectivity index (χ0) is 7.23. The number of nitrogens with two attached hydrogens (primary N) is 1. The summed E-state index contributed by atoms with van der Waals surface area (Å²) in [6.45, 7) is 0. The molecular formula is C9H16N2. The zero-order valence-corrected chi connectivity index (χ0v) is 6.79. The van der Waals surface area contributed by atoms with E-state index in [-0.39, 0.29) is 6.15 Å². The number of anilines is 1. The van der Waals surface area contributed by atoms with Gasteiger partial charge in [-0.15, -0.1) is 0 Å². The van der Waals surface area contributed by atoms with E-state index in [0.717, 1.165) is 5.69 Å². The minimum atomic E-state index is 0. The van der Waals surface area contributed by atoms with E-state index < -0.39 is 0 Å². The fraction of sp³-hybridized carbons (Fsp3) is 0.333. The predicted molar refractivity (Wildman–Crippen MR) is 49.7 cm³/mol. The molecule has 0 spiro atoms. The molecule has 0 unspecified atom stereocenters. The molecule has 1 aromatic rings. The van der Waals surface area contributed by atoms with Crippen LogP contribution in [0.4, 0.5) is 5.69 Å². The third-order valence-corrected chi connectivity index (χ3v) is 1.15. The molecule has 0 radical (unpaired) electrons. The maximum atomic E-state index is 5.36. The molecule has 0 saturated heterocycles. The van der Waals surface area contributed by atoms with Crippen LogP contribution in [0.3, 0.4) is 0 Å². The van der Waals surface area contributed by atoms with Crippen molar-refractivity contribution in [1.82, 2.24) is 6.15 Å². The van der Waals surface area contributed by atoms with Crippen LogP contribution in [0.1, 0.15) is 19.3 Å². The average Bonchev–Trinajstić information content (AvgIpc) is 2.73. The molecule has 0 atom stereocenters.